The van der Waals surface area contributed by atoms with Crippen LogP contribution in [0.5, 0.6) is 5.75 Å². The average molecular weight is 703 g/mol. The molecule has 1 amide bonds. The Hall–Kier alpha value is -3.60. The van der Waals surface area contributed by atoms with Crippen LogP contribution < -0.4 is 9.64 Å². The second-order valence-electron chi connectivity index (χ2n) is 14.0. The largest absolute Gasteiger partial charge is 0.490 e. The van der Waals surface area contributed by atoms with E-state index in [1.165, 1.54) is 11.1 Å². The summed E-state index contributed by atoms with van der Waals surface area (Å²) < 4.78 is 31.3. The quantitative estimate of drug-likeness (QED) is 0.281. The van der Waals surface area contributed by atoms with Gasteiger partial charge >= 0.3 is 0 Å². The zero-order valence-electron chi connectivity index (χ0n) is 27.9. The van der Waals surface area contributed by atoms with Gasteiger partial charge in [-0.3, -0.25) is 9.59 Å². The van der Waals surface area contributed by atoms with Crippen molar-refractivity contribution in [2.45, 2.75) is 62.9 Å². The molecular formula is C38H43ClN4O5S. The standard InChI is InChI=1S/C38H43ClN4O5S/c1-47-34-8-3-2-4-18-49(46,23-30(44)21-36-40-16-6-17-41-36)42-37(45)27-10-14-35-33(20-27)43(22-28-9-12-31(28)34)24-38(25-48-35)15-5-7-26-19-29(39)11-13-32(26)38/h3,6,8,10-11,13-14,16-17,19-20,28,31,34H,2,4-5,7,9,12,15,18,21-25H2,1H3/b8-3+/t28-,31+,34-,38-,49+/m0/s1. The highest BCUT2D eigenvalue weighted by Gasteiger charge is 2.44. The summed E-state index contributed by atoms with van der Waals surface area (Å²) >= 11 is 6.45. The van der Waals surface area contributed by atoms with E-state index in [1.807, 2.05) is 18.2 Å². The summed E-state index contributed by atoms with van der Waals surface area (Å²) in [4.78, 5) is 37.6. The molecule has 0 N–H and O–H groups in total. The van der Waals surface area contributed by atoms with Gasteiger partial charge in [-0.15, -0.1) is 0 Å². The molecule has 2 aliphatic carbocycles. The molecule has 3 heterocycles. The summed E-state index contributed by atoms with van der Waals surface area (Å²) in [5.41, 5.74) is 3.47. The van der Waals surface area contributed by atoms with E-state index in [-0.39, 0.29) is 35.2 Å². The maximum absolute atomic E-state index is 14.3. The van der Waals surface area contributed by atoms with Crippen molar-refractivity contribution in [3.05, 3.63) is 94.5 Å². The predicted octanol–water partition coefficient (Wildman–Crippen LogP) is 6.41. The predicted molar refractivity (Wildman–Crippen MR) is 191 cm³/mol. The Morgan fingerprint density at radius 2 is 2.00 bits per heavy atom. The lowest BCUT2D eigenvalue weighted by molar-refractivity contribution is -0.116. The van der Waals surface area contributed by atoms with Gasteiger partial charge in [-0.2, -0.15) is 4.36 Å². The number of anilines is 1. The van der Waals surface area contributed by atoms with E-state index < -0.39 is 15.6 Å². The van der Waals surface area contributed by atoms with Gasteiger partial charge in [0.05, 0.1) is 40.3 Å². The molecule has 0 unspecified atom stereocenters. The number of amides is 1. The molecule has 0 radical (unpaired) electrons. The minimum Gasteiger partial charge on any atom is -0.490 e. The second kappa shape index (κ2) is 14.3. The monoisotopic (exact) mass is 702 g/mol. The summed E-state index contributed by atoms with van der Waals surface area (Å²) in [6.07, 6.45) is 13.6. The minimum absolute atomic E-state index is 0.0322. The number of fused-ring (bicyclic) bond motifs is 4. The van der Waals surface area contributed by atoms with Crippen LogP contribution in [0.1, 0.15) is 65.8 Å². The van der Waals surface area contributed by atoms with E-state index in [0.717, 1.165) is 55.9 Å². The first-order valence-electron chi connectivity index (χ1n) is 17.3. The molecule has 2 bridgehead atoms. The highest BCUT2D eigenvalue weighted by Crippen LogP contribution is 2.47. The summed E-state index contributed by atoms with van der Waals surface area (Å²) in [5.74, 6) is 0.722. The number of ether oxygens (including phenoxy) is 2. The summed E-state index contributed by atoms with van der Waals surface area (Å²) in [7, 11) is -1.45. The van der Waals surface area contributed by atoms with Crippen LogP contribution in [0.2, 0.25) is 5.02 Å². The summed E-state index contributed by atoms with van der Waals surface area (Å²) in [5, 5.41) is 0.744. The number of nitrogens with zero attached hydrogens (tertiary/aromatic N) is 4. The number of halogens is 1. The van der Waals surface area contributed by atoms with E-state index in [9.17, 15) is 13.8 Å². The molecule has 2 aromatic carbocycles. The van der Waals surface area contributed by atoms with Gasteiger partial charge in [0.15, 0.2) is 5.78 Å². The lowest BCUT2D eigenvalue weighted by Gasteiger charge is -2.46. The number of hydrogen-bond acceptors (Lipinski definition) is 8. The normalized spacial score (nSPS) is 29.0. The number of ketones is 1. The van der Waals surface area contributed by atoms with Crippen molar-refractivity contribution < 1.29 is 23.3 Å². The number of rotatable bonds is 5. The average Bonchev–Trinajstić information content (AvgIpc) is 3.22. The molecule has 0 saturated heterocycles. The van der Waals surface area contributed by atoms with Crippen LogP contribution >= 0.6 is 11.6 Å². The molecule has 9 nitrogen and oxygen atoms in total. The summed E-state index contributed by atoms with van der Waals surface area (Å²) in [6.45, 7) is 2.04. The highest BCUT2D eigenvalue weighted by atomic mass is 35.5. The fourth-order valence-corrected chi connectivity index (χ4v) is 10.2. The third-order valence-electron chi connectivity index (χ3n) is 10.7. The third kappa shape index (κ3) is 7.32. The number of Topliss-reactive ketones (excluding diaryl/α,β-unsaturated/α-hetero) is 1. The van der Waals surface area contributed by atoms with Gasteiger partial charge < -0.3 is 14.4 Å². The van der Waals surface area contributed by atoms with Gasteiger partial charge in [-0.25, -0.2) is 14.2 Å². The Morgan fingerprint density at radius 3 is 2.80 bits per heavy atom. The second-order valence-corrected chi connectivity index (χ2v) is 16.8. The molecule has 1 saturated carbocycles. The minimum atomic E-state index is -3.21. The van der Waals surface area contributed by atoms with Crippen LogP contribution in [0.25, 0.3) is 0 Å². The maximum Gasteiger partial charge on any atom is 0.285 e. The fourth-order valence-electron chi connectivity index (χ4n) is 8.09. The third-order valence-corrected chi connectivity index (χ3v) is 13.1. The first-order valence-corrected chi connectivity index (χ1v) is 19.5. The van der Waals surface area contributed by atoms with Crippen molar-refractivity contribution in [3.63, 3.8) is 0 Å². The van der Waals surface area contributed by atoms with Crippen molar-refractivity contribution >= 4 is 38.7 Å². The van der Waals surface area contributed by atoms with E-state index in [0.29, 0.717) is 48.4 Å². The van der Waals surface area contributed by atoms with Crippen LogP contribution in [0, 0.1) is 11.8 Å². The van der Waals surface area contributed by atoms with Crippen molar-refractivity contribution in [1.29, 1.82) is 0 Å². The molecule has 3 aromatic rings. The van der Waals surface area contributed by atoms with Crippen molar-refractivity contribution in [1.82, 2.24) is 9.97 Å². The molecule has 5 atom stereocenters. The lowest BCUT2D eigenvalue weighted by Crippen LogP contribution is -2.49. The van der Waals surface area contributed by atoms with E-state index >= 15 is 0 Å². The number of aryl methyl sites for hydroxylation is 1. The number of hydrogen-bond donors (Lipinski definition) is 0. The van der Waals surface area contributed by atoms with E-state index in [4.69, 9.17) is 21.1 Å². The Balaban J connectivity index is 1.27. The van der Waals surface area contributed by atoms with Crippen molar-refractivity contribution in [2.24, 2.45) is 16.2 Å². The Kier molecular flexibility index (Phi) is 9.91. The van der Waals surface area contributed by atoms with Gasteiger partial charge in [0, 0.05) is 54.3 Å². The lowest BCUT2D eigenvalue weighted by atomic mass is 9.68. The number of allylic oxidation sites excluding steroid dienone is 1. The maximum atomic E-state index is 14.3. The first-order chi connectivity index (χ1) is 23.7. The molecule has 7 rings (SSSR count). The van der Waals surface area contributed by atoms with Gasteiger partial charge in [-0.05, 0) is 104 Å². The van der Waals surface area contributed by atoms with Gasteiger partial charge in [0.1, 0.15) is 11.6 Å². The molecule has 258 valence electrons. The van der Waals surface area contributed by atoms with Crippen LogP contribution in [0.4, 0.5) is 5.69 Å². The number of carbonyl (C=O) groups is 2. The van der Waals surface area contributed by atoms with Crippen molar-refractivity contribution in [2.75, 3.05) is 43.2 Å². The van der Waals surface area contributed by atoms with Gasteiger partial charge in [0.2, 0.25) is 0 Å². The van der Waals surface area contributed by atoms with Crippen LogP contribution in [-0.4, -0.2) is 70.3 Å². The Morgan fingerprint density at radius 1 is 1.14 bits per heavy atom. The number of carbonyl (C=O) groups excluding carboxylic acids is 2. The SMILES string of the molecule is CO[C@H]1/C=C/CCC[S@@](=O)(CC(=O)Cc2ncccn2)=NC(=O)c2ccc3c(c2)N(C[C@@H]2CC[C@H]21)C[C@@]1(CCCc2cc(Cl)ccc21)CO3. The van der Waals surface area contributed by atoms with E-state index in [1.54, 1.807) is 31.6 Å². The smallest absolute Gasteiger partial charge is 0.285 e. The first kappa shape index (κ1) is 33.9. The molecule has 1 fully saturated rings. The molecular weight excluding hydrogens is 660 g/mol. The Bertz CT molecular complexity index is 1880. The van der Waals surface area contributed by atoms with Gasteiger partial charge in [0.25, 0.3) is 5.91 Å². The molecule has 4 aliphatic rings. The van der Waals surface area contributed by atoms with Crippen molar-refractivity contribution in [3.8, 4) is 5.75 Å². The molecule has 1 aromatic heterocycles. The van der Waals surface area contributed by atoms with E-state index in [2.05, 4.69) is 43.5 Å². The van der Waals surface area contributed by atoms with Gasteiger partial charge in [-0.1, -0.05) is 29.8 Å². The Labute approximate surface area is 293 Å². The zero-order chi connectivity index (χ0) is 34.0. The number of methoxy groups -OCH3 is 1. The number of benzene rings is 2. The van der Waals surface area contributed by atoms with Crippen LogP contribution in [-0.2, 0) is 37.5 Å². The molecule has 49 heavy (non-hydrogen) atoms. The topological polar surface area (TPSA) is 111 Å². The van der Waals surface area contributed by atoms with Crippen LogP contribution in [0.3, 0.4) is 0 Å². The molecule has 2 aliphatic heterocycles. The molecule has 1 spiro atoms. The highest BCUT2D eigenvalue weighted by molar-refractivity contribution is 7.94. The summed E-state index contributed by atoms with van der Waals surface area (Å²) in [6, 6.07) is 13.3. The number of aromatic nitrogens is 2. The molecule has 11 heteroatoms. The van der Waals surface area contributed by atoms with Crippen LogP contribution in [0.15, 0.2) is 71.4 Å². The zero-order valence-corrected chi connectivity index (χ0v) is 29.5. The fraction of sp³-hybridized carbons (Fsp3) is 0.474.